The van der Waals surface area contributed by atoms with Gasteiger partial charge in [0.1, 0.15) is 0 Å². The second kappa shape index (κ2) is 6.15. The minimum atomic E-state index is -0.235. The highest BCUT2D eigenvalue weighted by Crippen LogP contribution is 2.25. The highest BCUT2D eigenvalue weighted by Gasteiger charge is 2.18. The van der Waals surface area contributed by atoms with E-state index < -0.39 is 0 Å². The van der Waals surface area contributed by atoms with Crippen molar-refractivity contribution in [3.8, 4) is 11.3 Å². The van der Waals surface area contributed by atoms with E-state index in [0.717, 1.165) is 11.3 Å². The second-order valence-electron chi connectivity index (χ2n) is 5.04. The van der Waals surface area contributed by atoms with E-state index in [2.05, 4.69) is 10.3 Å². The van der Waals surface area contributed by atoms with Crippen LogP contribution in [0.15, 0.2) is 29.6 Å². The zero-order valence-electron chi connectivity index (χ0n) is 11.9. The number of aromatic nitrogens is 1. The van der Waals surface area contributed by atoms with Crippen molar-refractivity contribution in [3.05, 3.63) is 35.2 Å². The van der Waals surface area contributed by atoms with E-state index in [4.69, 9.17) is 5.73 Å². The average molecular weight is 289 g/mol. The zero-order valence-corrected chi connectivity index (χ0v) is 12.7. The Kier molecular flexibility index (Phi) is 4.52. The molecule has 1 amide bonds. The van der Waals surface area contributed by atoms with Gasteiger partial charge in [0.25, 0.3) is 0 Å². The van der Waals surface area contributed by atoms with Gasteiger partial charge >= 0.3 is 0 Å². The Labute approximate surface area is 123 Å². The zero-order chi connectivity index (χ0) is 14.7. The normalized spacial score (nSPS) is 13.8. The summed E-state index contributed by atoms with van der Waals surface area (Å²) in [5, 5.41) is 5.36. The molecule has 0 aliphatic heterocycles. The fourth-order valence-electron chi connectivity index (χ4n) is 1.65. The van der Waals surface area contributed by atoms with Crippen LogP contribution < -0.4 is 11.1 Å². The number of hydrogen-bond acceptors (Lipinski definition) is 4. The molecule has 0 fully saturated rings. The number of hydrogen-bond donors (Lipinski definition) is 2. The molecule has 5 heteroatoms. The van der Waals surface area contributed by atoms with E-state index in [1.54, 1.807) is 0 Å². The number of benzene rings is 1. The molecule has 0 spiro atoms. The van der Waals surface area contributed by atoms with Crippen LogP contribution in [0.5, 0.6) is 0 Å². The molecule has 106 valence electrons. The molecule has 1 aromatic carbocycles. The minimum Gasteiger partial charge on any atom is -0.327 e. The Bertz CT molecular complexity index is 589. The Morgan fingerprint density at radius 3 is 2.55 bits per heavy atom. The molecule has 1 aromatic heterocycles. The highest BCUT2D eigenvalue weighted by atomic mass is 32.1. The lowest BCUT2D eigenvalue weighted by atomic mass is 10.0. The van der Waals surface area contributed by atoms with Crippen molar-refractivity contribution in [3.63, 3.8) is 0 Å². The van der Waals surface area contributed by atoms with Crippen LogP contribution in [-0.2, 0) is 4.79 Å². The van der Waals surface area contributed by atoms with E-state index in [9.17, 15) is 4.79 Å². The van der Waals surface area contributed by atoms with Crippen LogP contribution in [0.3, 0.4) is 0 Å². The van der Waals surface area contributed by atoms with Crippen LogP contribution >= 0.6 is 11.3 Å². The Morgan fingerprint density at radius 1 is 1.30 bits per heavy atom. The Hall–Kier alpha value is -1.72. The lowest BCUT2D eigenvalue weighted by Crippen LogP contribution is -2.34. The summed E-state index contributed by atoms with van der Waals surface area (Å²) in [6.45, 7) is 5.68. The molecule has 0 saturated carbocycles. The minimum absolute atomic E-state index is 0.0928. The SMILES string of the molecule is Cc1ccc(-c2csc(NC(=O)C(C)C(C)N)n2)cc1. The van der Waals surface area contributed by atoms with Gasteiger partial charge in [0.05, 0.1) is 11.6 Å². The van der Waals surface area contributed by atoms with Gasteiger partial charge in [0, 0.05) is 17.0 Å². The van der Waals surface area contributed by atoms with Crippen LogP contribution in [0, 0.1) is 12.8 Å². The van der Waals surface area contributed by atoms with Gasteiger partial charge in [-0.2, -0.15) is 0 Å². The summed E-state index contributed by atoms with van der Waals surface area (Å²) in [7, 11) is 0. The number of nitrogens with one attached hydrogen (secondary N) is 1. The molecule has 2 unspecified atom stereocenters. The quantitative estimate of drug-likeness (QED) is 0.909. The highest BCUT2D eigenvalue weighted by molar-refractivity contribution is 7.14. The molecular formula is C15H19N3OS. The average Bonchev–Trinajstić information content (AvgIpc) is 2.87. The first-order chi connectivity index (χ1) is 9.47. The fourth-order valence-corrected chi connectivity index (χ4v) is 2.37. The van der Waals surface area contributed by atoms with Crippen molar-refractivity contribution in [1.82, 2.24) is 4.98 Å². The molecule has 2 atom stereocenters. The molecule has 0 aliphatic carbocycles. The van der Waals surface area contributed by atoms with Crippen LogP contribution in [0.25, 0.3) is 11.3 Å². The molecule has 1 heterocycles. The summed E-state index contributed by atoms with van der Waals surface area (Å²) < 4.78 is 0. The summed E-state index contributed by atoms with van der Waals surface area (Å²) in [4.78, 5) is 16.4. The van der Waals surface area contributed by atoms with Crippen LogP contribution in [-0.4, -0.2) is 16.9 Å². The Morgan fingerprint density at radius 2 is 1.95 bits per heavy atom. The van der Waals surface area contributed by atoms with E-state index >= 15 is 0 Å². The topological polar surface area (TPSA) is 68.0 Å². The third-order valence-electron chi connectivity index (χ3n) is 3.28. The van der Waals surface area contributed by atoms with Gasteiger partial charge in [-0.05, 0) is 13.8 Å². The first-order valence-corrected chi connectivity index (χ1v) is 7.44. The predicted molar refractivity (Wildman–Crippen MR) is 83.7 cm³/mol. The molecule has 0 radical (unpaired) electrons. The summed E-state index contributed by atoms with van der Waals surface area (Å²) in [5.41, 5.74) is 8.86. The molecule has 0 aliphatic rings. The van der Waals surface area contributed by atoms with Gasteiger partial charge in [0.2, 0.25) is 5.91 Å². The number of nitrogens with zero attached hydrogens (tertiary/aromatic N) is 1. The van der Waals surface area contributed by atoms with Gasteiger partial charge in [-0.15, -0.1) is 11.3 Å². The standard InChI is InChI=1S/C15H19N3OS/c1-9-4-6-12(7-5-9)13-8-20-15(17-13)18-14(19)10(2)11(3)16/h4-8,10-11H,16H2,1-3H3,(H,17,18,19). The first kappa shape index (κ1) is 14.7. The van der Waals surface area contributed by atoms with Crippen molar-refractivity contribution in [1.29, 1.82) is 0 Å². The number of aryl methyl sites for hydroxylation is 1. The summed E-state index contributed by atoms with van der Waals surface area (Å²) in [6.07, 6.45) is 0. The van der Waals surface area contributed by atoms with E-state index in [1.807, 2.05) is 50.4 Å². The molecule has 4 nitrogen and oxygen atoms in total. The Balaban J connectivity index is 2.09. The van der Waals surface area contributed by atoms with Crippen molar-refractivity contribution in [2.45, 2.75) is 26.8 Å². The molecule has 0 saturated heterocycles. The van der Waals surface area contributed by atoms with Crippen molar-refractivity contribution in [2.75, 3.05) is 5.32 Å². The molecule has 3 N–H and O–H groups in total. The summed E-state index contributed by atoms with van der Waals surface area (Å²) >= 11 is 1.42. The van der Waals surface area contributed by atoms with E-state index in [1.165, 1.54) is 16.9 Å². The summed E-state index contributed by atoms with van der Waals surface area (Å²) in [5.74, 6) is -0.327. The van der Waals surface area contributed by atoms with Gasteiger partial charge in [-0.1, -0.05) is 36.8 Å². The maximum absolute atomic E-state index is 11.9. The molecule has 2 aromatic rings. The lowest BCUT2D eigenvalue weighted by molar-refractivity contribution is -0.119. The number of carbonyl (C=O) groups excluding carboxylic acids is 1. The predicted octanol–water partition coefficient (Wildman–Crippen LogP) is 3.04. The van der Waals surface area contributed by atoms with Crippen LogP contribution in [0.1, 0.15) is 19.4 Å². The molecule has 2 rings (SSSR count). The van der Waals surface area contributed by atoms with E-state index in [0.29, 0.717) is 5.13 Å². The van der Waals surface area contributed by atoms with E-state index in [-0.39, 0.29) is 17.9 Å². The van der Waals surface area contributed by atoms with Crippen LogP contribution in [0.2, 0.25) is 0 Å². The maximum Gasteiger partial charge on any atom is 0.230 e. The van der Waals surface area contributed by atoms with Gasteiger partial charge in [0.15, 0.2) is 5.13 Å². The van der Waals surface area contributed by atoms with Gasteiger partial charge in [-0.3, -0.25) is 4.79 Å². The maximum atomic E-state index is 11.9. The summed E-state index contributed by atoms with van der Waals surface area (Å²) in [6, 6.07) is 7.98. The smallest absolute Gasteiger partial charge is 0.230 e. The molecule has 0 bridgehead atoms. The number of rotatable bonds is 4. The third-order valence-corrected chi connectivity index (χ3v) is 4.04. The first-order valence-electron chi connectivity index (χ1n) is 6.56. The number of thiazole rings is 1. The number of anilines is 1. The van der Waals surface area contributed by atoms with Gasteiger partial charge < -0.3 is 11.1 Å². The van der Waals surface area contributed by atoms with Crippen molar-refractivity contribution < 1.29 is 4.79 Å². The number of nitrogens with two attached hydrogens (primary N) is 1. The van der Waals surface area contributed by atoms with Crippen molar-refractivity contribution >= 4 is 22.4 Å². The monoisotopic (exact) mass is 289 g/mol. The van der Waals surface area contributed by atoms with Crippen LogP contribution in [0.4, 0.5) is 5.13 Å². The van der Waals surface area contributed by atoms with Gasteiger partial charge in [-0.25, -0.2) is 4.98 Å². The molecule has 20 heavy (non-hydrogen) atoms. The lowest BCUT2D eigenvalue weighted by Gasteiger charge is -2.13. The molecular weight excluding hydrogens is 270 g/mol. The number of carbonyl (C=O) groups is 1. The second-order valence-corrected chi connectivity index (χ2v) is 5.90. The fraction of sp³-hybridized carbons (Fsp3) is 0.333. The van der Waals surface area contributed by atoms with Crippen molar-refractivity contribution in [2.24, 2.45) is 11.7 Å². The largest absolute Gasteiger partial charge is 0.327 e. The number of amides is 1. The third kappa shape index (κ3) is 3.43.